The standard InChI is InChI=1S/C10H11N3O4S2/c1-17-9-4-3-7(19(14,15)16)5-8(9)13-10(18-2)12-6-11/h3-5H,1-2H3,(H,12,13)(H,14,15,16). The Hall–Kier alpha value is -1.76. The first-order chi connectivity index (χ1) is 8.92. The number of nitrogens with zero attached hydrogens (tertiary/aromatic N) is 2. The van der Waals surface area contributed by atoms with Crippen molar-refractivity contribution in [1.82, 2.24) is 5.32 Å². The number of hydrogen-bond acceptors (Lipinski definition) is 6. The van der Waals surface area contributed by atoms with Crippen molar-refractivity contribution in [2.24, 2.45) is 4.99 Å². The third-order valence-electron chi connectivity index (χ3n) is 2.03. The van der Waals surface area contributed by atoms with Gasteiger partial charge in [0.1, 0.15) is 11.4 Å². The summed E-state index contributed by atoms with van der Waals surface area (Å²) in [4.78, 5) is 3.76. The molecule has 0 aliphatic carbocycles. The summed E-state index contributed by atoms with van der Waals surface area (Å²) < 4.78 is 36.1. The number of amidine groups is 1. The lowest BCUT2D eigenvalue weighted by Gasteiger charge is -2.07. The number of thioether (sulfide) groups is 1. The molecule has 0 saturated carbocycles. The van der Waals surface area contributed by atoms with Crippen molar-refractivity contribution in [3.63, 3.8) is 0 Å². The lowest BCUT2D eigenvalue weighted by atomic mass is 10.3. The molecule has 0 fully saturated rings. The number of nitriles is 1. The van der Waals surface area contributed by atoms with Gasteiger partial charge in [-0.25, -0.2) is 4.99 Å². The molecule has 1 rings (SSSR count). The van der Waals surface area contributed by atoms with Gasteiger partial charge in [-0.3, -0.25) is 9.87 Å². The molecule has 9 heteroatoms. The van der Waals surface area contributed by atoms with Crippen LogP contribution in [-0.2, 0) is 10.1 Å². The molecular weight excluding hydrogens is 290 g/mol. The summed E-state index contributed by atoms with van der Waals surface area (Å²) in [5.41, 5.74) is 0.185. The minimum Gasteiger partial charge on any atom is -0.494 e. The third-order valence-corrected chi connectivity index (χ3v) is 3.46. The zero-order valence-corrected chi connectivity index (χ0v) is 11.7. The van der Waals surface area contributed by atoms with E-state index in [1.54, 1.807) is 12.4 Å². The van der Waals surface area contributed by atoms with Gasteiger partial charge in [-0.15, -0.1) is 0 Å². The van der Waals surface area contributed by atoms with Crippen LogP contribution in [0.1, 0.15) is 0 Å². The molecule has 0 amide bonds. The first-order valence-electron chi connectivity index (χ1n) is 4.85. The molecule has 102 valence electrons. The van der Waals surface area contributed by atoms with Crippen molar-refractivity contribution < 1.29 is 17.7 Å². The smallest absolute Gasteiger partial charge is 0.294 e. The first kappa shape index (κ1) is 15.3. The highest BCUT2D eigenvalue weighted by Gasteiger charge is 2.13. The molecule has 0 saturated heterocycles. The van der Waals surface area contributed by atoms with Gasteiger partial charge in [0, 0.05) is 0 Å². The highest BCUT2D eigenvalue weighted by atomic mass is 32.2. The van der Waals surface area contributed by atoms with Crippen LogP contribution in [0, 0.1) is 11.5 Å². The fourth-order valence-electron chi connectivity index (χ4n) is 1.20. The average molecular weight is 301 g/mol. The summed E-state index contributed by atoms with van der Waals surface area (Å²) >= 11 is 1.17. The zero-order chi connectivity index (χ0) is 14.5. The van der Waals surface area contributed by atoms with Crippen LogP contribution in [0.4, 0.5) is 5.69 Å². The van der Waals surface area contributed by atoms with Crippen LogP contribution in [0.2, 0.25) is 0 Å². The van der Waals surface area contributed by atoms with E-state index in [1.165, 1.54) is 31.0 Å². The molecule has 1 aromatic carbocycles. The number of aliphatic imine (C=N–C) groups is 1. The summed E-state index contributed by atoms with van der Waals surface area (Å²) in [5, 5.41) is 11.1. The van der Waals surface area contributed by atoms with E-state index in [1.807, 2.05) is 0 Å². The predicted molar refractivity (Wildman–Crippen MR) is 72.2 cm³/mol. The van der Waals surface area contributed by atoms with Crippen molar-refractivity contribution in [3.05, 3.63) is 18.2 Å². The van der Waals surface area contributed by atoms with Crippen LogP contribution < -0.4 is 10.1 Å². The Balaban J connectivity index is 3.35. The highest BCUT2D eigenvalue weighted by Crippen LogP contribution is 2.30. The molecule has 0 heterocycles. The van der Waals surface area contributed by atoms with Gasteiger partial charge < -0.3 is 4.74 Å². The van der Waals surface area contributed by atoms with Crippen molar-refractivity contribution in [2.45, 2.75) is 4.90 Å². The van der Waals surface area contributed by atoms with Crippen molar-refractivity contribution in [3.8, 4) is 11.9 Å². The molecule has 0 aromatic heterocycles. The van der Waals surface area contributed by atoms with E-state index < -0.39 is 10.1 Å². The SMILES string of the molecule is COc1ccc(S(=O)(=O)O)cc1N=C(NC#N)SC. The van der Waals surface area contributed by atoms with Crippen LogP contribution in [0.15, 0.2) is 28.1 Å². The second kappa shape index (κ2) is 6.42. The molecule has 0 radical (unpaired) electrons. The molecule has 7 nitrogen and oxygen atoms in total. The van der Waals surface area contributed by atoms with Gasteiger partial charge in [-0.2, -0.15) is 13.7 Å². The molecule has 1 aromatic rings. The van der Waals surface area contributed by atoms with E-state index in [2.05, 4.69) is 10.3 Å². The second-order valence-electron chi connectivity index (χ2n) is 3.17. The molecule has 0 bridgehead atoms. The van der Waals surface area contributed by atoms with Gasteiger partial charge in [0.25, 0.3) is 10.1 Å². The Kier molecular flexibility index (Phi) is 5.17. The van der Waals surface area contributed by atoms with E-state index in [0.717, 1.165) is 6.07 Å². The third kappa shape index (κ3) is 4.13. The van der Waals surface area contributed by atoms with Gasteiger partial charge in [-0.1, -0.05) is 11.8 Å². The van der Waals surface area contributed by atoms with E-state index >= 15 is 0 Å². The molecule has 0 aliphatic heterocycles. The lowest BCUT2D eigenvalue weighted by molar-refractivity contribution is 0.415. The Morgan fingerprint density at radius 3 is 2.74 bits per heavy atom. The first-order valence-corrected chi connectivity index (χ1v) is 7.52. The Morgan fingerprint density at radius 2 is 2.26 bits per heavy atom. The number of methoxy groups -OCH3 is 1. The van der Waals surface area contributed by atoms with E-state index in [4.69, 9.17) is 14.6 Å². The minimum atomic E-state index is -4.32. The zero-order valence-electron chi connectivity index (χ0n) is 10.1. The number of ether oxygens (including phenoxy) is 1. The quantitative estimate of drug-likeness (QED) is 0.285. The maximum absolute atomic E-state index is 11.1. The lowest BCUT2D eigenvalue weighted by Crippen LogP contribution is -2.12. The van der Waals surface area contributed by atoms with E-state index in [0.29, 0.717) is 5.75 Å². The summed E-state index contributed by atoms with van der Waals surface area (Å²) in [6, 6.07) is 3.72. The van der Waals surface area contributed by atoms with Gasteiger partial charge in [-0.05, 0) is 24.5 Å². The summed E-state index contributed by atoms with van der Waals surface area (Å²) in [6.45, 7) is 0. The Morgan fingerprint density at radius 1 is 1.58 bits per heavy atom. The fraction of sp³-hybridized carbons (Fsp3) is 0.200. The Bertz CT molecular complexity index is 635. The summed E-state index contributed by atoms with van der Waals surface area (Å²) in [7, 11) is -2.92. The topological polar surface area (TPSA) is 112 Å². The largest absolute Gasteiger partial charge is 0.494 e. The molecule has 0 atom stereocenters. The maximum Gasteiger partial charge on any atom is 0.294 e. The molecule has 2 N–H and O–H groups in total. The maximum atomic E-state index is 11.1. The molecular formula is C10H11N3O4S2. The predicted octanol–water partition coefficient (Wildman–Crippen LogP) is 1.36. The van der Waals surface area contributed by atoms with Crippen molar-refractivity contribution >= 4 is 32.7 Å². The summed E-state index contributed by atoms with van der Waals surface area (Å²) in [5.74, 6) is 0.318. The van der Waals surface area contributed by atoms with Crippen molar-refractivity contribution in [1.29, 1.82) is 5.26 Å². The number of benzene rings is 1. The fourth-order valence-corrected chi connectivity index (χ4v) is 2.04. The van der Waals surface area contributed by atoms with E-state index in [9.17, 15) is 8.42 Å². The summed E-state index contributed by atoms with van der Waals surface area (Å²) in [6.07, 6.45) is 3.41. The van der Waals surface area contributed by atoms with Crippen LogP contribution in [-0.4, -0.2) is 31.5 Å². The monoisotopic (exact) mass is 301 g/mol. The average Bonchev–Trinajstić information content (AvgIpc) is 2.37. The molecule has 0 spiro atoms. The molecule has 19 heavy (non-hydrogen) atoms. The Labute approximate surface area is 115 Å². The number of rotatable bonds is 3. The number of nitrogens with one attached hydrogen (secondary N) is 1. The van der Waals surface area contributed by atoms with Crippen LogP contribution in [0.5, 0.6) is 5.75 Å². The van der Waals surface area contributed by atoms with Crippen LogP contribution >= 0.6 is 11.8 Å². The van der Waals surface area contributed by atoms with Gasteiger partial charge in [0.05, 0.1) is 12.0 Å². The normalized spacial score (nSPS) is 11.8. The van der Waals surface area contributed by atoms with Gasteiger partial charge in [0.2, 0.25) is 0 Å². The highest BCUT2D eigenvalue weighted by molar-refractivity contribution is 8.13. The second-order valence-corrected chi connectivity index (χ2v) is 5.38. The van der Waals surface area contributed by atoms with E-state index in [-0.39, 0.29) is 15.8 Å². The van der Waals surface area contributed by atoms with Gasteiger partial charge >= 0.3 is 0 Å². The van der Waals surface area contributed by atoms with Crippen LogP contribution in [0.25, 0.3) is 0 Å². The molecule has 0 aliphatic rings. The number of hydrogen-bond donors (Lipinski definition) is 2. The van der Waals surface area contributed by atoms with Crippen molar-refractivity contribution in [2.75, 3.05) is 13.4 Å². The van der Waals surface area contributed by atoms with Crippen LogP contribution in [0.3, 0.4) is 0 Å². The minimum absolute atomic E-state index is 0.185. The van der Waals surface area contributed by atoms with Gasteiger partial charge in [0.15, 0.2) is 11.4 Å². The molecule has 0 unspecified atom stereocenters.